The fourth-order valence-electron chi connectivity index (χ4n) is 0.388. The van der Waals surface area contributed by atoms with Gasteiger partial charge in [0.05, 0.1) is 6.61 Å². The van der Waals surface area contributed by atoms with Gasteiger partial charge in [-0.1, -0.05) is 6.92 Å². The van der Waals surface area contributed by atoms with E-state index in [0.29, 0.717) is 12.8 Å². The molecule has 0 aromatic heterocycles. The summed E-state index contributed by atoms with van der Waals surface area (Å²) in [7, 11) is -3.55. The molecule has 66 valence electrons. The Bertz CT molecular complexity index is 199. The minimum absolute atomic E-state index is 0.156. The van der Waals surface area contributed by atoms with Gasteiger partial charge in [0.25, 0.3) is 10.1 Å². The van der Waals surface area contributed by atoms with Crippen LogP contribution in [-0.4, -0.2) is 27.3 Å². The van der Waals surface area contributed by atoms with Gasteiger partial charge in [0.1, 0.15) is 5.88 Å². The highest BCUT2D eigenvalue weighted by molar-refractivity contribution is 7.86. The molecule has 1 N–H and O–H groups in total. The van der Waals surface area contributed by atoms with E-state index in [-0.39, 0.29) is 6.61 Å². The van der Waals surface area contributed by atoms with Crippen LogP contribution in [0.1, 0.15) is 13.3 Å². The number of rotatable bonds is 6. The van der Waals surface area contributed by atoms with Crippen molar-refractivity contribution in [2.24, 2.45) is 0 Å². The first kappa shape index (κ1) is 10.4. The molecule has 0 aromatic carbocycles. The number of carbonyl (C=O) groups is 1. The molecule has 0 rings (SSSR count). The summed E-state index contributed by atoms with van der Waals surface area (Å²) in [6.45, 7) is 1.95. The van der Waals surface area contributed by atoms with Crippen LogP contribution in [0.3, 0.4) is 0 Å². The number of hydrogen-bond donors (Lipinski definition) is 1. The predicted octanol–water partition coefficient (Wildman–Crippen LogP) is -0.554. The van der Waals surface area contributed by atoms with Crippen LogP contribution in [0.15, 0.2) is 0 Å². The van der Waals surface area contributed by atoms with E-state index < -0.39 is 16.0 Å². The second kappa shape index (κ2) is 5.09. The average Bonchev–Trinajstić information content (AvgIpc) is 1.97. The molecule has 0 unspecified atom stereocenters. The van der Waals surface area contributed by atoms with E-state index in [1.54, 1.807) is 6.92 Å². The standard InChI is InChI=1S/C5H11NO4S/c1-2-3-10-11(8,9)5-6-4-7/h4H,2-3,5H2,1H3,(H,6,7). The van der Waals surface area contributed by atoms with Gasteiger partial charge in [-0.3, -0.25) is 8.98 Å². The molecule has 0 aliphatic carbocycles. The highest BCUT2D eigenvalue weighted by Gasteiger charge is 2.08. The minimum atomic E-state index is -3.55. The van der Waals surface area contributed by atoms with E-state index in [2.05, 4.69) is 4.18 Å². The Morgan fingerprint density at radius 1 is 1.55 bits per heavy atom. The van der Waals surface area contributed by atoms with Crippen molar-refractivity contribution >= 4 is 16.5 Å². The van der Waals surface area contributed by atoms with Crippen LogP contribution in [0.2, 0.25) is 0 Å². The Morgan fingerprint density at radius 3 is 2.64 bits per heavy atom. The van der Waals surface area contributed by atoms with Gasteiger partial charge in [-0.05, 0) is 6.42 Å². The van der Waals surface area contributed by atoms with Crippen LogP contribution in [0, 0.1) is 0 Å². The highest BCUT2D eigenvalue weighted by Crippen LogP contribution is 1.91. The molecule has 0 bridgehead atoms. The molecular formula is C5H11NO4S. The number of hydrogen-bond acceptors (Lipinski definition) is 4. The van der Waals surface area contributed by atoms with Crippen molar-refractivity contribution in [2.75, 3.05) is 12.5 Å². The van der Waals surface area contributed by atoms with Crippen LogP contribution < -0.4 is 5.32 Å². The Morgan fingerprint density at radius 2 is 2.18 bits per heavy atom. The molecule has 0 aliphatic heterocycles. The highest BCUT2D eigenvalue weighted by atomic mass is 32.2. The van der Waals surface area contributed by atoms with E-state index in [1.807, 2.05) is 5.32 Å². The third-order valence-corrected chi connectivity index (χ3v) is 1.86. The molecular weight excluding hydrogens is 170 g/mol. The maximum absolute atomic E-state index is 10.7. The first-order valence-electron chi connectivity index (χ1n) is 3.16. The van der Waals surface area contributed by atoms with Gasteiger partial charge in [0, 0.05) is 0 Å². The van der Waals surface area contributed by atoms with Crippen LogP contribution in [-0.2, 0) is 19.1 Å². The van der Waals surface area contributed by atoms with Gasteiger partial charge in [0.2, 0.25) is 6.41 Å². The van der Waals surface area contributed by atoms with Gasteiger partial charge < -0.3 is 5.32 Å². The summed E-state index contributed by atoms with van der Waals surface area (Å²) in [4.78, 5) is 9.69. The monoisotopic (exact) mass is 181 g/mol. The summed E-state index contributed by atoms with van der Waals surface area (Å²) in [6, 6.07) is 0. The summed E-state index contributed by atoms with van der Waals surface area (Å²) in [5.41, 5.74) is 0. The van der Waals surface area contributed by atoms with Crippen molar-refractivity contribution < 1.29 is 17.4 Å². The smallest absolute Gasteiger partial charge is 0.285 e. The number of carbonyl (C=O) groups excluding carboxylic acids is 1. The van der Waals surface area contributed by atoms with Gasteiger partial charge in [0.15, 0.2) is 0 Å². The summed E-state index contributed by atoms with van der Waals surface area (Å²) >= 11 is 0. The second-order valence-corrected chi connectivity index (χ2v) is 3.49. The van der Waals surface area contributed by atoms with Gasteiger partial charge in [-0.25, -0.2) is 0 Å². The zero-order valence-electron chi connectivity index (χ0n) is 6.24. The van der Waals surface area contributed by atoms with Crippen LogP contribution in [0.5, 0.6) is 0 Å². The molecule has 6 heteroatoms. The lowest BCUT2D eigenvalue weighted by Crippen LogP contribution is -2.23. The molecule has 0 atom stereocenters. The zero-order valence-corrected chi connectivity index (χ0v) is 7.06. The average molecular weight is 181 g/mol. The van der Waals surface area contributed by atoms with Crippen molar-refractivity contribution in [3.05, 3.63) is 0 Å². The molecule has 1 amide bonds. The molecule has 0 fully saturated rings. The van der Waals surface area contributed by atoms with E-state index in [9.17, 15) is 13.2 Å². The zero-order chi connectivity index (χ0) is 8.74. The molecule has 0 saturated heterocycles. The molecule has 11 heavy (non-hydrogen) atoms. The Labute approximate surface area is 65.9 Å². The lowest BCUT2D eigenvalue weighted by molar-refractivity contribution is -0.109. The largest absolute Gasteiger partial charge is 0.343 e. The van der Waals surface area contributed by atoms with Crippen molar-refractivity contribution in [1.29, 1.82) is 0 Å². The fourth-order valence-corrected chi connectivity index (χ4v) is 1.16. The molecule has 0 heterocycles. The van der Waals surface area contributed by atoms with E-state index in [4.69, 9.17) is 0 Å². The molecule has 0 saturated carbocycles. The topological polar surface area (TPSA) is 72.5 Å². The summed E-state index contributed by atoms with van der Waals surface area (Å²) in [6.07, 6.45) is 0.938. The van der Waals surface area contributed by atoms with E-state index >= 15 is 0 Å². The van der Waals surface area contributed by atoms with Crippen LogP contribution in [0.4, 0.5) is 0 Å². The van der Waals surface area contributed by atoms with Crippen molar-refractivity contribution in [3.63, 3.8) is 0 Å². The first-order valence-corrected chi connectivity index (χ1v) is 4.74. The van der Waals surface area contributed by atoms with Gasteiger partial charge in [-0.2, -0.15) is 8.42 Å². The third kappa shape index (κ3) is 5.81. The van der Waals surface area contributed by atoms with Crippen molar-refractivity contribution in [2.45, 2.75) is 13.3 Å². The van der Waals surface area contributed by atoms with Crippen molar-refractivity contribution in [1.82, 2.24) is 5.32 Å². The first-order chi connectivity index (χ1) is 5.12. The molecule has 0 spiro atoms. The Kier molecular flexibility index (Phi) is 4.80. The lowest BCUT2D eigenvalue weighted by Gasteiger charge is -2.01. The lowest BCUT2D eigenvalue weighted by atomic mass is 10.5. The summed E-state index contributed by atoms with van der Waals surface area (Å²) in [5, 5.41) is 2.00. The summed E-state index contributed by atoms with van der Waals surface area (Å²) < 4.78 is 25.8. The minimum Gasteiger partial charge on any atom is -0.343 e. The predicted molar refractivity (Wildman–Crippen MR) is 39.2 cm³/mol. The van der Waals surface area contributed by atoms with E-state index in [0.717, 1.165) is 0 Å². The second-order valence-electron chi connectivity index (χ2n) is 1.85. The normalized spacial score (nSPS) is 11.0. The molecule has 0 aliphatic rings. The SMILES string of the molecule is CCCOS(=O)(=O)CNC=O. The molecule has 0 radical (unpaired) electrons. The van der Waals surface area contributed by atoms with Crippen LogP contribution >= 0.6 is 0 Å². The number of amides is 1. The summed E-state index contributed by atoms with van der Waals surface area (Å²) in [5.74, 6) is -0.462. The van der Waals surface area contributed by atoms with Crippen LogP contribution in [0.25, 0.3) is 0 Å². The Balaban J connectivity index is 3.71. The number of nitrogens with one attached hydrogen (secondary N) is 1. The third-order valence-electron chi connectivity index (χ3n) is 0.810. The molecule has 5 nitrogen and oxygen atoms in total. The van der Waals surface area contributed by atoms with Crippen molar-refractivity contribution in [3.8, 4) is 0 Å². The Hall–Kier alpha value is -0.620. The molecule has 0 aromatic rings. The maximum atomic E-state index is 10.7. The van der Waals surface area contributed by atoms with Gasteiger partial charge >= 0.3 is 0 Å². The van der Waals surface area contributed by atoms with Gasteiger partial charge in [-0.15, -0.1) is 0 Å². The van der Waals surface area contributed by atoms with E-state index in [1.165, 1.54) is 0 Å². The fraction of sp³-hybridized carbons (Fsp3) is 0.800. The quantitative estimate of drug-likeness (QED) is 0.440. The maximum Gasteiger partial charge on any atom is 0.285 e.